The van der Waals surface area contributed by atoms with Gasteiger partial charge < -0.3 is 15.4 Å². The lowest BCUT2D eigenvalue weighted by atomic mass is 9.81. The quantitative estimate of drug-likeness (QED) is 0.710. The largest absolute Gasteiger partial charge is 0.373 e. The minimum absolute atomic E-state index is 0.00477. The monoisotopic (exact) mass is 212 g/mol. The van der Waals surface area contributed by atoms with Crippen LogP contribution in [-0.4, -0.2) is 42.3 Å². The van der Waals surface area contributed by atoms with Crippen molar-refractivity contribution in [1.29, 1.82) is 0 Å². The Labute approximate surface area is 93.0 Å². The number of hydrogen-bond acceptors (Lipinski definition) is 3. The van der Waals surface area contributed by atoms with Gasteiger partial charge >= 0.3 is 0 Å². The number of hydrogen-bond donors (Lipinski definition) is 1. The van der Waals surface area contributed by atoms with Gasteiger partial charge in [-0.2, -0.15) is 0 Å². The topological polar surface area (TPSA) is 38.5 Å². The van der Waals surface area contributed by atoms with Gasteiger partial charge in [-0.3, -0.25) is 0 Å². The van der Waals surface area contributed by atoms with Crippen LogP contribution in [0.4, 0.5) is 0 Å². The van der Waals surface area contributed by atoms with E-state index in [-0.39, 0.29) is 11.6 Å². The average Bonchev–Trinajstić information content (AvgIpc) is 2.48. The Morgan fingerprint density at radius 2 is 1.93 bits per heavy atom. The second-order valence-corrected chi connectivity index (χ2v) is 5.51. The number of nitrogens with two attached hydrogens (primary N) is 1. The van der Waals surface area contributed by atoms with Crippen LogP contribution in [0, 0.1) is 5.92 Å². The molecule has 2 rings (SSSR count). The first kappa shape index (κ1) is 11.4. The Balaban J connectivity index is 1.98. The highest BCUT2D eigenvalue weighted by Gasteiger charge is 2.47. The van der Waals surface area contributed by atoms with E-state index in [1.54, 1.807) is 0 Å². The van der Waals surface area contributed by atoms with Crippen molar-refractivity contribution in [1.82, 2.24) is 4.90 Å². The Morgan fingerprint density at radius 3 is 2.33 bits per heavy atom. The zero-order chi connectivity index (χ0) is 11.1. The van der Waals surface area contributed by atoms with E-state index in [0.29, 0.717) is 12.0 Å². The second kappa shape index (κ2) is 4.04. The molecule has 3 nitrogen and oxygen atoms in total. The van der Waals surface area contributed by atoms with E-state index < -0.39 is 0 Å². The predicted octanol–water partition coefficient (Wildman–Crippen LogP) is 1.22. The lowest BCUT2D eigenvalue weighted by Gasteiger charge is -2.42. The van der Waals surface area contributed by atoms with E-state index in [1.165, 1.54) is 0 Å². The van der Waals surface area contributed by atoms with Crippen LogP contribution >= 0.6 is 0 Å². The number of nitrogens with zero attached hydrogens (tertiary/aromatic N) is 1. The van der Waals surface area contributed by atoms with Crippen molar-refractivity contribution in [2.75, 3.05) is 19.7 Å². The lowest BCUT2D eigenvalue weighted by molar-refractivity contribution is -0.0555. The number of likely N-dealkylation sites (tertiary alicyclic amines) is 1. The molecule has 3 heteroatoms. The molecule has 2 atom stereocenters. The molecule has 0 bridgehead atoms. The fourth-order valence-electron chi connectivity index (χ4n) is 2.91. The molecule has 2 saturated heterocycles. The summed E-state index contributed by atoms with van der Waals surface area (Å²) in [5.74, 6) is 0.524. The van der Waals surface area contributed by atoms with Crippen LogP contribution in [0.15, 0.2) is 0 Å². The maximum Gasteiger partial charge on any atom is 0.0860 e. The van der Waals surface area contributed by atoms with Crippen molar-refractivity contribution in [2.45, 2.75) is 51.3 Å². The van der Waals surface area contributed by atoms with Crippen molar-refractivity contribution in [2.24, 2.45) is 11.7 Å². The molecule has 0 aromatic rings. The molecule has 0 radical (unpaired) electrons. The van der Waals surface area contributed by atoms with E-state index in [9.17, 15) is 0 Å². The molecule has 2 aliphatic heterocycles. The first-order valence-electron chi connectivity index (χ1n) is 6.19. The van der Waals surface area contributed by atoms with Crippen molar-refractivity contribution >= 4 is 0 Å². The second-order valence-electron chi connectivity index (χ2n) is 5.51. The molecule has 2 fully saturated rings. The Kier molecular flexibility index (Phi) is 3.06. The molecule has 2 N–H and O–H groups in total. The van der Waals surface area contributed by atoms with Gasteiger partial charge in [0.05, 0.1) is 12.2 Å². The molecule has 15 heavy (non-hydrogen) atoms. The highest BCUT2D eigenvalue weighted by atomic mass is 16.5. The Morgan fingerprint density at radius 1 is 1.33 bits per heavy atom. The summed E-state index contributed by atoms with van der Waals surface area (Å²) in [5, 5.41) is 0. The van der Waals surface area contributed by atoms with E-state index in [2.05, 4.69) is 25.7 Å². The van der Waals surface area contributed by atoms with Crippen LogP contribution in [0.5, 0.6) is 0 Å². The van der Waals surface area contributed by atoms with Gasteiger partial charge in [0.1, 0.15) is 0 Å². The van der Waals surface area contributed by atoms with Gasteiger partial charge in [-0.15, -0.1) is 0 Å². The standard InChI is InChI=1S/C12H24N2O/c1-9(2)14-6-4-12(5-7-14)11(13)10(3)8-15-12/h9-11H,4-8,13H2,1-3H3/t10-,11-/m0/s1. The highest BCUT2D eigenvalue weighted by molar-refractivity contribution is 5.02. The fourth-order valence-corrected chi connectivity index (χ4v) is 2.91. The molecule has 0 aromatic heterocycles. The molecule has 0 aliphatic carbocycles. The first-order chi connectivity index (χ1) is 7.05. The molecule has 0 aromatic carbocycles. The number of ether oxygens (including phenoxy) is 1. The number of piperidine rings is 1. The average molecular weight is 212 g/mol. The molecule has 1 spiro atoms. The lowest BCUT2D eigenvalue weighted by Crippen LogP contribution is -2.55. The molecular formula is C12H24N2O. The van der Waals surface area contributed by atoms with Crippen molar-refractivity contribution in [3.8, 4) is 0 Å². The third-order valence-electron chi connectivity index (χ3n) is 4.23. The van der Waals surface area contributed by atoms with Crippen LogP contribution in [0.25, 0.3) is 0 Å². The van der Waals surface area contributed by atoms with Gasteiger partial charge in [-0.05, 0) is 32.6 Å². The summed E-state index contributed by atoms with van der Waals surface area (Å²) in [4.78, 5) is 2.52. The third-order valence-corrected chi connectivity index (χ3v) is 4.23. The van der Waals surface area contributed by atoms with E-state index in [0.717, 1.165) is 32.5 Å². The molecule has 88 valence electrons. The molecule has 2 aliphatic rings. The third kappa shape index (κ3) is 1.93. The van der Waals surface area contributed by atoms with Crippen LogP contribution in [-0.2, 0) is 4.74 Å². The predicted molar refractivity (Wildman–Crippen MR) is 61.8 cm³/mol. The summed E-state index contributed by atoms with van der Waals surface area (Å²) >= 11 is 0. The summed E-state index contributed by atoms with van der Waals surface area (Å²) in [6.07, 6.45) is 2.22. The Bertz CT molecular complexity index is 222. The van der Waals surface area contributed by atoms with E-state index in [1.807, 2.05) is 0 Å². The number of rotatable bonds is 1. The summed E-state index contributed by atoms with van der Waals surface area (Å²) in [7, 11) is 0. The maximum atomic E-state index is 6.27. The van der Waals surface area contributed by atoms with Gasteiger partial charge in [0.25, 0.3) is 0 Å². The summed E-state index contributed by atoms with van der Waals surface area (Å²) in [6.45, 7) is 9.85. The maximum absolute atomic E-state index is 6.27. The molecule has 0 amide bonds. The van der Waals surface area contributed by atoms with Gasteiger partial charge in [0.2, 0.25) is 0 Å². The smallest absolute Gasteiger partial charge is 0.0860 e. The van der Waals surface area contributed by atoms with Crippen molar-refractivity contribution in [3.05, 3.63) is 0 Å². The zero-order valence-electron chi connectivity index (χ0n) is 10.2. The minimum Gasteiger partial charge on any atom is -0.373 e. The molecular weight excluding hydrogens is 188 g/mol. The zero-order valence-corrected chi connectivity index (χ0v) is 10.2. The van der Waals surface area contributed by atoms with E-state index >= 15 is 0 Å². The van der Waals surface area contributed by atoms with Crippen molar-refractivity contribution < 1.29 is 4.74 Å². The van der Waals surface area contributed by atoms with Gasteiger partial charge in [0, 0.05) is 25.2 Å². The van der Waals surface area contributed by atoms with Crippen LogP contribution in [0.3, 0.4) is 0 Å². The van der Waals surface area contributed by atoms with Crippen LogP contribution in [0.2, 0.25) is 0 Å². The highest BCUT2D eigenvalue weighted by Crippen LogP contribution is 2.37. The van der Waals surface area contributed by atoms with Gasteiger partial charge in [0.15, 0.2) is 0 Å². The van der Waals surface area contributed by atoms with E-state index in [4.69, 9.17) is 10.5 Å². The molecule has 0 saturated carbocycles. The summed E-state index contributed by atoms with van der Waals surface area (Å²) < 4.78 is 5.98. The summed E-state index contributed by atoms with van der Waals surface area (Å²) in [6, 6.07) is 0.893. The summed E-state index contributed by atoms with van der Waals surface area (Å²) in [5.41, 5.74) is 6.27. The fraction of sp³-hybridized carbons (Fsp3) is 1.00. The Hall–Kier alpha value is -0.120. The molecule has 0 unspecified atom stereocenters. The van der Waals surface area contributed by atoms with Gasteiger partial charge in [-0.25, -0.2) is 0 Å². The van der Waals surface area contributed by atoms with Crippen LogP contribution < -0.4 is 5.73 Å². The first-order valence-corrected chi connectivity index (χ1v) is 6.19. The van der Waals surface area contributed by atoms with Gasteiger partial charge in [-0.1, -0.05) is 6.92 Å². The van der Waals surface area contributed by atoms with Crippen molar-refractivity contribution in [3.63, 3.8) is 0 Å². The van der Waals surface area contributed by atoms with Crippen LogP contribution in [0.1, 0.15) is 33.6 Å². The molecule has 2 heterocycles. The minimum atomic E-state index is 0.00477. The normalized spacial score (nSPS) is 36.6. The SMILES string of the molecule is CC(C)N1CCC2(CC1)OC[C@H](C)[C@@H]2N.